The van der Waals surface area contributed by atoms with E-state index in [2.05, 4.69) is 14.8 Å². The van der Waals surface area contributed by atoms with Crippen LogP contribution in [0.4, 0.5) is 0 Å². The molecule has 0 aliphatic carbocycles. The fraction of sp³-hybridized carbons (Fsp3) is 0.733. The second-order valence-corrected chi connectivity index (χ2v) is 5.85. The Kier molecular flexibility index (Phi) is 8.97. The molecule has 0 aromatic rings. The molecule has 0 aliphatic heterocycles. The van der Waals surface area contributed by atoms with Crippen LogP contribution in [0.25, 0.3) is 0 Å². The number of amides is 1. The minimum atomic E-state index is -1.58. The van der Waals surface area contributed by atoms with Crippen molar-refractivity contribution in [1.29, 1.82) is 0 Å². The highest BCUT2D eigenvalue weighted by atomic mass is 16.5. The molecule has 9 heteroatoms. The van der Waals surface area contributed by atoms with Gasteiger partial charge in [0.05, 0.1) is 14.2 Å². The number of hydrogen-bond donors (Lipinski definition) is 3. The molecule has 3 atom stereocenters. The van der Waals surface area contributed by atoms with Crippen molar-refractivity contribution >= 4 is 23.8 Å². The second-order valence-electron chi connectivity index (χ2n) is 5.85. The number of ether oxygens (including phenoxy) is 2. The van der Waals surface area contributed by atoms with E-state index in [1.807, 2.05) is 0 Å². The Morgan fingerprint density at radius 3 is 1.79 bits per heavy atom. The van der Waals surface area contributed by atoms with Gasteiger partial charge < -0.3 is 25.0 Å². The number of rotatable bonds is 9. The van der Waals surface area contributed by atoms with Gasteiger partial charge in [-0.3, -0.25) is 14.4 Å². The highest BCUT2D eigenvalue weighted by molar-refractivity contribution is 5.96. The molecular formula is C15H25NO8. The van der Waals surface area contributed by atoms with Crippen LogP contribution >= 0.6 is 0 Å². The molecule has 0 aliphatic rings. The first-order chi connectivity index (χ1) is 11.1. The molecule has 0 bridgehead atoms. The van der Waals surface area contributed by atoms with E-state index in [0.717, 1.165) is 14.2 Å². The van der Waals surface area contributed by atoms with Crippen molar-refractivity contribution in [3.05, 3.63) is 0 Å². The molecule has 0 spiro atoms. The summed E-state index contributed by atoms with van der Waals surface area (Å²) < 4.78 is 8.99. The number of esters is 2. The summed E-state index contributed by atoms with van der Waals surface area (Å²) in [4.78, 5) is 46.9. The fourth-order valence-electron chi connectivity index (χ4n) is 2.19. The van der Waals surface area contributed by atoms with E-state index >= 15 is 0 Å². The molecule has 0 fully saturated rings. The minimum Gasteiger partial charge on any atom is -0.480 e. The van der Waals surface area contributed by atoms with E-state index < -0.39 is 47.8 Å². The first-order valence-corrected chi connectivity index (χ1v) is 7.43. The number of carboxylic acid groups (broad SMARTS) is 1. The van der Waals surface area contributed by atoms with Crippen molar-refractivity contribution in [2.24, 2.45) is 17.8 Å². The zero-order valence-corrected chi connectivity index (χ0v) is 14.4. The molecule has 0 aromatic heterocycles. The Labute approximate surface area is 140 Å². The maximum Gasteiger partial charge on any atom is 0.326 e. The van der Waals surface area contributed by atoms with Crippen LogP contribution in [0.1, 0.15) is 27.2 Å². The number of carboxylic acids is 1. The first-order valence-electron chi connectivity index (χ1n) is 7.43. The maximum atomic E-state index is 11.9. The van der Waals surface area contributed by atoms with E-state index in [1.165, 1.54) is 6.92 Å². The van der Waals surface area contributed by atoms with Gasteiger partial charge in [0.2, 0.25) is 5.91 Å². The molecule has 0 heterocycles. The SMILES string of the molecule is COC(=O)C(C(=O)OC)[C@@H](C)[C@H](NC(=O)[C@H](O)CC(C)C)C(=O)O. The Morgan fingerprint density at radius 2 is 1.46 bits per heavy atom. The third kappa shape index (κ3) is 6.15. The van der Waals surface area contributed by atoms with Crippen molar-refractivity contribution in [1.82, 2.24) is 5.32 Å². The van der Waals surface area contributed by atoms with Gasteiger partial charge in [0.25, 0.3) is 0 Å². The normalized spacial score (nSPS) is 14.7. The van der Waals surface area contributed by atoms with Crippen LogP contribution in [-0.2, 0) is 28.7 Å². The maximum absolute atomic E-state index is 11.9. The van der Waals surface area contributed by atoms with E-state index in [0.29, 0.717) is 0 Å². The zero-order valence-electron chi connectivity index (χ0n) is 14.4. The van der Waals surface area contributed by atoms with Crippen LogP contribution in [0.5, 0.6) is 0 Å². The Bertz CT molecular complexity index is 460. The number of methoxy groups -OCH3 is 2. The predicted molar refractivity (Wildman–Crippen MR) is 81.7 cm³/mol. The third-order valence-electron chi connectivity index (χ3n) is 3.52. The molecule has 9 nitrogen and oxygen atoms in total. The summed E-state index contributed by atoms with van der Waals surface area (Å²) >= 11 is 0. The summed E-state index contributed by atoms with van der Waals surface area (Å²) in [5.74, 6) is -6.96. The van der Waals surface area contributed by atoms with Gasteiger partial charge in [-0.2, -0.15) is 0 Å². The minimum absolute atomic E-state index is 0.0179. The number of carbonyl (C=O) groups excluding carboxylic acids is 3. The average molecular weight is 347 g/mol. The predicted octanol–water partition coefficient (Wildman–Crippen LogP) is -0.439. The van der Waals surface area contributed by atoms with Gasteiger partial charge in [0, 0.05) is 5.92 Å². The Hall–Kier alpha value is -2.16. The van der Waals surface area contributed by atoms with Crippen LogP contribution in [0.2, 0.25) is 0 Å². The van der Waals surface area contributed by atoms with E-state index in [4.69, 9.17) is 0 Å². The van der Waals surface area contributed by atoms with Gasteiger partial charge in [0.1, 0.15) is 12.1 Å². The van der Waals surface area contributed by atoms with Crippen molar-refractivity contribution in [2.45, 2.75) is 39.3 Å². The molecule has 0 unspecified atom stereocenters. The lowest BCUT2D eigenvalue weighted by molar-refractivity contribution is -0.163. The molecule has 0 rings (SSSR count). The number of hydrogen-bond acceptors (Lipinski definition) is 7. The average Bonchev–Trinajstić information content (AvgIpc) is 2.50. The fourth-order valence-corrected chi connectivity index (χ4v) is 2.19. The third-order valence-corrected chi connectivity index (χ3v) is 3.52. The standard InChI is InChI=1S/C15H25NO8/c1-7(2)6-9(17)12(18)16-11(13(19)20)8(3)10(14(21)23-4)15(22)24-5/h7-11,17H,6H2,1-5H3,(H,16,18)(H,19,20)/t8-,9-,11+/m1/s1. The van der Waals surface area contributed by atoms with Crippen molar-refractivity contribution < 1.29 is 38.9 Å². The first kappa shape index (κ1) is 21.8. The van der Waals surface area contributed by atoms with E-state index in [-0.39, 0.29) is 12.3 Å². The van der Waals surface area contributed by atoms with Gasteiger partial charge in [-0.05, 0) is 12.3 Å². The van der Waals surface area contributed by atoms with Crippen LogP contribution in [0.3, 0.4) is 0 Å². The number of nitrogens with one attached hydrogen (secondary N) is 1. The molecule has 0 aromatic carbocycles. The van der Waals surface area contributed by atoms with E-state index in [9.17, 15) is 29.4 Å². The van der Waals surface area contributed by atoms with Gasteiger partial charge >= 0.3 is 17.9 Å². The van der Waals surface area contributed by atoms with Gasteiger partial charge in [0.15, 0.2) is 5.92 Å². The smallest absolute Gasteiger partial charge is 0.326 e. The highest BCUT2D eigenvalue weighted by Crippen LogP contribution is 2.20. The Balaban J connectivity index is 5.34. The largest absolute Gasteiger partial charge is 0.480 e. The number of carbonyl (C=O) groups is 4. The Morgan fingerprint density at radius 1 is 1.00 bits per heavy atom. The summed E-state index contributed by atoms with van der Waals surface area (Å²) in [5, 5.41) is 21.2. The lowest BCUT2D eigenvalue weighted by Gasteiger charge is -2.26. The number of aliphatic hydroxyl groups is 1. The molecule has 138 valence electrons. The summed E-state index contributed by atoms with van der Waals surface area (Å²) in [6, 6.07) is -1.58. The highest BCUT2D eigenvalue weighted by Gasteiger charge is 2.42. The molecule has 0 saturated carbocycles. The summed E-state index contributed by atoms with van der Waals surface area (Å²) in [7, 11) is 2.09. The van der Waals surface area contributed by atoms with E-state index in [1.54, 1.807) is 13.8 Å². The van der Waals surface area contributed by atoms with Crippen molar-refractivity contribution in [3.63, 3.8) is 0 Å². The lowest BCUT2D eigenvalue weighted by Crippen LogP contribution is -2.52. The molecule has 24 heavy (non-hydrogen) atoms. The molecular weight excluding hydrogens is 322 g/mol. The van der Waals surface area contributed by atoms with Crippen LogP contribution in [0, 0.1) is 17.8 Å². The van der Waals surface area contributed by atoms with Crippen molar-refractivity contribution in [3.8, 4) is 0 Å². The number of aliphatic carboxylic acids is 1. The summed E-state index contributed by atoms with van der Waals surface area (Å²) in [6.07, 6.45) is -1.25. The van der Waals surface area contributed by atoms with Gasteiger partial charge in [-0.15, -0.1) is 0 Å². The number of aliphatic hydroxyl groups excluding tert-OH is 1. The quantitative estimate of drug-likeness (QED) is 0.377. The monoisotopic (exact) mass is 347 g/mol. The molecule has 1 amide bonds. The van der Waals surface area contributed by atoms with Gasteiger partial charge in [-0.25, -0.2) is 4.79 Å². The summed E-state index contributed by atoms with van der Waals surface area (Å²) in [6.45, 7) is 4.88. The van der Waals surface area contributed by atoms with Crippen LogP contribution < -0.4 is 5.32 Å². The molecule has 3 N–H and O–H groups in total. The van der Waals surface area contributed by atoms with Crippen molar-refractivity contribution in [2.75, 3.05) is 14.2 Å². The van der Waals surface area contributed by atoms with Crippen LogP contribution in [0.15, 0.2) is 0 Å². The molecule has 0 radical (unpaired) electrons. The van der Waals surface area contributed by atoms with Gasteiger partial charge in [-0.1, -0.05) is 20.8 Å². The second kappa shape index (κ2) is 9.86. The lowest BCUT2D eigenvalue weighted by atomic mass is 9.87. The summed E-state index contributed by atoms with van der Waals surface area (Å²) in [5.41, 5.74) is 0. The zero-order chi connectivity index (χ0) is 19.0. The molecule has 0 saturated heterocycles. The van der Waals surface area contributed by atoms with Crippen LogP contribution in [-0.4, -0.2) is 60.4 Å². The topological polar surface area (TPSA) is 139 Å².